The first-order valence-electron chi connectivity index (χ1n) is 7.95. The first-order chi connectivity index (χ1) is 12.0. The Morgan fingerprint density at radius 2 is 2.08 bits per heavy atom. The molecule has 1 heterocycles. The number of pyridine rings is 1. The molecule has 0 saturated heterocycles. The topological polar surface area (TPSA) is 77.9 Å². The number of halogens is 1. The van der Waals surface area contributed by atoms with E-state index in [-0.39, 0.29) is 46.8 Å². The highest BCUT2D eigenvalue weighted by Gasteiger charge is 2.33. The normalized spacial score (nSPS) is 13.4. The third kappa shape index (κ3) is 3.50. The van der Waals surface area contributed by atoms with E-state index in [1.165, 1.54) is 31.5 Å². The molecule has 7 heteroatoms. The van der Waals surface area contributed by atoms with Crippen molar-refractivity contribution in [2.24, 2.45) is 0 Å². The molecule has 0 bridgehead atoms. The molecule has 3 rings (SSSR count). The van der Waals surface area contributed by atoms with Crippen molar-refractivity contribution in [1.82, 2.24) is 4.98 Å². The predicted octanol–water partition coefficient (Wildman–Crippen LogP) is 3.78. The average molecular weight is 347 g/mol. The van der Waals surface area contributed by atoms with E-state index in [1.807, 2.05) is 0 Å². The van der Waals surface area contributed by atoms with E-state index in [2.05, 4.69) is 4.98 Å². The molecule has 0 radical (unpaired) electrons. The Balaban J connectivity index is 2.03. The molecule has 1 saturated carbocycles. The predicted molar refractivity (Wildman–Crippen MR) is 86.9 cm³/mol. The number of aromatic hydroxyl groups is 1. The Morgan fingerprint density at radius 3 is 2.72 bits per heavy atom. The Labute approximate surface area is 144 Å². The van der Waals surface area contributed by atoms with Gasteiger partial charge in [0.15, 0.2) is 23.1 Å². The number of benzene rings is 1. The van der Waals surface area contributed by atoms with Gasteiger partial charge in [0.1, 0.15) is 11.3 Å². The summed E-state index contributed by atoms with van der Waals surface area (Å²) in [6.07, 6.45) is 3.01. The zero-order chi connectivity index (χ0) is 18.0. The molecule has 6 nitrogen and oxygen atoms in total. The van der Waals surface area contributed by atoms with Gasteiger partial charge in [-0.15, -0.1) is 0 Å². The summed E-state index contributed by atoms with van der Waals surface area (Å²) in [4.78, 5) is 16.4. The lowest BCUT2D eigenvalue weighted by Crippen LogP contribution is -2.12. The van der Waals surface area contributed by atoms with Crippen molar-refractivity contribution in [3.63, 3.8) is 0 Å². The molecule has 0 spiro atoms. The van der Waals surface area contributed by atoms with E-state index in [1.54, 1.807) is 6.92 Å². The molecule has 2 aromatic rings. The molecular formula is C18H18FNO5. The number of hydrogen-bond donors (Lipinski definition) is 1. The number of hydrogen-bond acceptors (Lipinski definition) is 6. The standard InChI is InChI=1S/C18H18FNO5/c1-3-24-18(22)15-14(9-20-17(16(15)19)10-4-5-10)25-12-7-6-11(21)8-13(12)23-2/h6-10,21H,3-5H2,1-2H3. The summed E-state index contributed by atoms with van der Waals surface area (Å²) in [6.45, 7) is 1.75. The first kappa shape index (κ1) is 17.0. The van der Waals surface area contributed by atoms with Crippen LogP contribution in [0.1, 0.15) is 41.7 Å². The SMILES string of the molecule is CCOC(=O)c1c(Oc2ccc(O)cc2OC)cnc(C2CC2)c1F. The lowest BCUT2D eigenvalue weighted by Gasteiger charge is -2.15. The third-order valence-corrected chi connectivity index (χ3v) is 3.82. The van der Waals surface area contributed by atoms with Crippen molar-refractivity contribution in [2.75, 3.05) is 13.7 Å². The molecule has 1 aromatic carbocycles. The summed E-state index contributed by atoms with van der Waals surface area (Å²) in [5.74, 6) is -1.11. The number of carbonyl (C=O) groups excluding carboxylic acids is 1. The fourth-order valence-corrected chi connectivity index (χ4v) is 2.46. The van der Waals surface area contributed by atoms with Gasteiger partial charge in [0, 0.05) is 12.0 Å². The van der Waals surface area contributed by atoms with Gasteiger partial charge in [-0.1, -0.05) is 0 Å². The molecule has 0 aliphatic heterocycles. The number of methoxy groups -OCH3 is 1. The average Bonchev–Trinajstić information content (AvgIpc) is 3.41. The van der Waals surface area contributed by atoms with Crippen LogP contribution >= 0.6 is 0 Å². The van der Waals surface area contributed by atoms with Crippen molar-refractivity contribution in [3.8, 4) is 23.0 Å². The quantitative estimate of drug-likeness (QED) is 0.801. The molecule has 0 unspecified atom stereocenters. The van der Waals surface area contributed by atoms with E-state index in [9.17, 15) is 14.3 Å². The molecule has 1 fully saturated rings. The zero-order valence-electron chi connectivity index (χ0n) is 13.9. The molecule has 25 heavy (non-hydrogen) atoms. The summed E-state index contributed by atoms with van der Waals surface area (Å²) >= 11 is 0. The Morgan fingerprint density at radius 1 is 1.32 bits per heavy atom. The van der Waals surface area contributed by atoms with E-state index in [4.69, 9.17) is 14.2 Å². The van der Waals surface area contributed by atoms with E-state index in [0.717, 1.165) is 12.8 Å². The van der Waals surface area contributed by atoms with E-state index >= 15 is 0 Å². The van der Waals surface area contributed by atoms with Gasteiger partial charge in [0.05, 0.1) is 25.6 Å². The summed E-state index contributed by atoms with van der Waals surface area (Å²) in [5, 5.41) is 9.51. The number of esters is 1. The van der Waals surface area contributed by atoms with Crippen molar-refractivity contribution in [1.29, 1.82) is 0 Å². The smallest absolute Gasteiger partial charge is 0.345 e. The zero-order valence-corrected chi connectivity index (χ0v) is 13.9. The monoisotopic (exact) mass is 347 g/mol. The van der Waals surface area contributed by atoms with E-state index < -0.39 is 11.8 Å². The molecule has 0 atom stereocenters. The van der Waals surface area contributed by atoms with Crippen molar-refractivity contribution in [2.45, 2.75) is 25.7 Å². The minimum absolute atomic E-state index is 0.0109. The largest absolute Gasteiger partial charge is 0.508 e. The molecule has 132 valence electrons. The molecule has 0 amide bonds. The Bertz CT molecular complexity index is 804. The number of phenols is 1. The Hall–Kier alpha value is -2.83. The highest BCUT2D eigenvalue weighted by Crippen LogP contribution is 2.43. The second-order valence-electron chi connectivity index (χ2n) is 5.63. The maximum Gasteiger partial charge on any atom is 0.345 e. The molecule has 1 aliphatic rings. The van der Waals surface area contributed by atoms with Crippen molar-refractivity contribution >= 4 is 5.97 Å². The summed E-state index contributed by atoms with van der Waals surface area (Å²) in [6, 6.07) is 4.20. The number of nitrogens with zero attached hydrogens (tertiary/aromatic N) is 1. The first-order valence-corrected chi connectivity index (χ1v) is 7.95. The molecule has 1 aliphatic carbocycles. The van der Waals surface area contributed by atoms with Gasteiger partial charge in [-0.05, 0) is 31.9 Å². The van der Waals surface area contributed by atoms with Crippen LogP contribution in [0.4, 0.5) is 4.39 Å². The second-order valence-corrected chi connectivity index (χ2v) is 5.63. The highest BCUT2D eigenvalue weighted by molar-refractivity contribution is 5.93. The third-order valence-electron chi connectivity index (χ3n) is 3.82. The summed E-state index contributed by atoms with van der Waals surface area (Å²) < 4.78 is 30.6. The van der Waals surface area contributed by atoms with Gasteiger partial charge in [0.25, 0.3) is 0 Å². The number of carbonyl (C=O) groups is 1. The van der Waals surface area contributed by atoms with Gasteiger partial charge < -0.3 is 19.3 Å². The molecular weight excluding hydrogens is 329 g/mol. The van der Waals surface area contributed by atoms with Crippen LogP contribution in [0, 0.1) is 5.82 Å². The van der Waals surface area contributed by atoms with Crippen LogP contribution in [0.2, 0.25) is 0 Å². The van der Waals surface area contributed by atoms with Crippen LogP contribution in [0.25, 0.3) is 0 Å². The number of rotatable bonds is 6. The van der Waals surface area contributed by atoms with Gasteiger partial charge in [0.2, 0.25) is 0 Å². The van der Waals surface area contributed by atoms with Crippen LogP contribution in [-0.4, -0.2) is 29.8 Å². The van der Waals surface area contributed by atoms with E-state index in [0.29, 0.717) is 0 Å². The second kappa shape index (κ2) is 6.96. The van der Waals surface area contributed by atoms with Gasteiger partial charge in [-0.3, -0.25) is 4.98 Å². The maximum atomic E-state index is 14.8. The lowest BCUT2D eigenvalue weighted by molar-refractivity contribution is 0.0517. The highest BCUT2D eigenvalue weighted by atomic mass is 19.1. The summed E-state index contributed by atoms with van der Waals surface area (Å²) in [7, 11) is 1.41. The minimum atomic E-state index is -0.808. The summed E-state index contributed by atoms with van der Waals surface area (Å²) in [5.41, 5.74) is -0.0260. The van der Waals surface area contributed by atoms with Crippen LogP contribution in [0.3, 0.4) is 0 Å². The fourth-order valence-electron chi connectivity index (χ4n) is 2.46. The van der Waals surface area contributed by atoms with Crippen LogP contribution in [0.5, 0.6) is 23.0 Å². The molecule has 1 N–H and O–H groups in total. The van der Waals surface area contributed by atoms with Crippen LogP contribution in [0.15, 0.2) is 24.4 Å². The van der Waals surface area contributed by atoms with Gasteiger partial charge in [-0.25, -0.2) is 9.18 Å². The van der Waals surface area contributed by atoms with Gasteiger partial charge in [-0.2, -0.15) is 0 Å². The van der Waals surface area contributed by atoms with Crippen molar-refractivity contribution in [3.05, 3.63) is 41.5 Å². The maximum absolute atomic E-state index is 14.8. The number of aromatic nitrogens is 1. The van der Waals surface area contributed by atoms with Crippen molar-refractivity contribution < 1.29 is 28.5 Å². The number of ether oxygens (including phenoxy) is 3. The van der Waals surface area contributed by atoms with Gasteiger partial charge >= 0.3 is 5.97 Å². The lowest BCUT2D eigenvalue weighted by atomic mass is 10.1. The van der Waals surface area contributed by atoms with Crippen LogP contribution < -0.4 is 9.47 Å². The molecule has 1 aromatic heterocycles. The minimum Gasteiger partial charge on any atom is -0.508 e. The number of phenolic OH excluding ortho intramolecular Hbond substituents is 1. The van der Waals surface area contributed by atoms with Crippen LogP contribution in [-0.2, 0) is 4.74 Å². The fraction of sp³-hybridized carbons (Fsp3) is 0.333. The Kier molecular flexibility index (Phi) is 4.74.